The van der Waals surface area contributed by atoms with Crippen LogP contribution in [0.2, 0.25) is 0 Å². The molecular formula is C19H21N3O3S. The van der Waals surface area contributed by atoms with Crippen LogP contribution >= 0.6 is 11.3 Å². The molecule has 1 amide bonds. The van der Waals surface area contributed by atoms with Gasteiger partial charge in [0, 0.05) is 16.6 Å². The maximum atomic E-state index is 12.1. The zero-order valence-electron chi connectivity index (χ0n) is 15.0. The van der Waals surface area contributed by atoms with Crippen molar-refractivity contribution in [2.45, 2.75) is 40.2 Å². The third-order valence-corrected chi connectivity index (χ3v) is 5.01. The Labute approximate surface area is 155 Å². The van der Waals surface area contributed by atoms with E-state index >= 15 is 0 Å². The van der Waals surface area contributed by atoms with Crippen LogP contribution in [0.1, 0.15) is 46.2 Å². The molecule has 3 aromatic rings. The minimum atomic E-state index is -0.106. The summed E-state index contributed by atoms with van der Waals surface area (Å²) in [6.45, 7) is 5.86. The predicted octanol–water partition coefficient (Wildman–Crippen LogP) is 3.66. The Kier molecular flexibility index (Phi) is 5.37. The maximum Gasteiger partial charge on any atom is 0.227 e. The van der Waals surface area contributed by atoms with E-state index in [1.807, 2.05) is 25.3 Å². The molecule has 136 valence electrons. The van der Waals surface area contributed by atoms with Crippen molar-refractivity contribution < 1.29 is 14.0 Å². The number of aryl methyl sites for hydroxylation is 1. The lowest BCUT2D eigenvalue weighted by molar-refractivity contribution is -0.120. The molecule has 0 saturated carbocycles. The van der Waals surface area contributed by atoms with Gasteiger partial charge in [-0.1, -0.05) is 6.92 Å². The van der Waals surface area contributed by atoms with Gasteiger partial charge in [0.25, 0.3) is 0 Å². The minimum Gasteiger partial charge on any atom is -0.467 e. The van der Waals surface area contributed by atoms with Crippen LogP contribution in [0.25, 0.3) is 11.4 Å². The number of rotatable bonds is 7. The molecule has 0 aliphatic heterocycles. The molecule has 0 aliphatic rings. The third-order valence-electron chi connectivity index (χ3n) is 4.16. The predicted molar refractivity (Wildman–Crippen MR) is 100 cm³/mol. The number of carbonyl (C=O) groups excluding carboxylic acids is 2. The number of hydrogen-bond acceptors (Lipinski definition) is 5. The van der Waals surface area contributed by atoms with Gasteiger partial charge in [-0.05, 0) is 38.0 Å². The number of nitrogens with zero attached hydrogens (tertiary/aromatic N) is 1. The quantitative estimate of drug-likeness (QED) is 0.620. The second-order valence-corrected chi connectivity index (χ2v) is 6.99. The molecule has 26 heavy (non-hydrogen) atoms. The average Bonchev–Trinajstić information content (AvgIpc) is 3.31. The van der Waals surface area contributed by atoms with Crippen molar-refractivity contribution in [1.29, 1.82) is 0 Å². The Morgan fingerprint density at radius 2 is 2.19 bits per heavy atom. The summed E-state index contributed by atoms with van der Waals surface area (Å²) in [5.74, 6) is 0.657. The fourth-order valence-electron chi connectivity index (χ4n) is 3.03. The summed E-state index contributed by atoms with van der Waals surface area (Å²) in [4.78, 5) is 31.9. The van der Waals surface area contributed by atoms with Crippen molar-refractivity contribution in [3.05, 3.63) is 51.4 Å². The normalized spacial score (nSPS) is 10.9. The van der Waals surface area contributed by atoms with Crippen LogP contribution in [0.4, 0.5) is 0 Å². The third kappa shape index (κ3) is 3.77. The van der Waals surface area contributed by atoms with Crippen molar-refractivity contribution >= 4 is 23.0 Å². The zero-order valence-corrected chi connectivity index (χ0v) is 15.8. The van der Waals surface area contributed by atoms with E-state index in [2.05, 4.69) is 15.3 Å². The molecule has 0 aliphatic carbocycles. The van der Waals surface area contributed by atoms with Gasteiger partial charge in [-0.3, -0.25) is 9.59 Å². The van der Waals surface area contributed by atoms with Gasteiger partial charge in [-0.25, -0.2) is 4.98 Å². The molecule has 0 spiro atoms. The molecule has 0 saturated heterocycles. The van der Waals surface area contributed by atoms with Crippen molar-refractivity contribution in [3.63, 3.8) is 0 Å². The van der Waals surface area contributed by atoms with E-state index < -0.39 is 0 Å². The van der Waals surface area contributed by atoms with Gasteiger partial charge in [0.1, 0.15) is 10.8 Å². The molecule has 0 radical (unpaired) electrons. The van der Waals surface area contributed by atoms with E-state index in [1.165, 1.54) is 11.3 Å². The Hall–Kier alpha value is -2.67. The lowest BCUT2D eigenvalue weighted by Crippen LogP contribution is -2.24. The number of amides is 1. The Balaban J connectivity index is 1.73. The van der Waals surface area contributed by atoms with Gasteiger partial charge in [0.05, 0.1) is 30.6 Å². The molecule has 2 N–H and O–H groups in total. The number of nitrogens with one attached hydrogen (secondary N) is 2. The van der Waals surface area contributed by atoms with Gasteiger partial charge in [-0.15, -0.1) is 11.3 Å². The van der Waals surface area contributed by atoms with Gasteiger partial charge in [-0.2, -0.15) is 0 Å². The van der Waals surface area contributed by atoms with Crippen molar-refractivity contribution in [2.24, 2.45) is 0 Å². The van der Waals surface area contributed by atoms with Crippen LogP contribution in [-0.4, -0.2) is 21.7 Å². The summed E-state index contributed by atoms with van der Waals surface area (Å²) < 4.78 is 5.19. The molecular weight excluding hydrogens is 350 g/mol. The zero-order chi connectivity index (χ0) is 18.7. The van der Waals surface area contributed by atoms with Gasteiger partial charge < -0.3 is 14.7 Å². The number of hydrogen-bond donors (Lipinski definition) is 2. The monoisotopic (exact) mass is 371 g/mol. The van der Waals surface area contributed by atoms with Crippen LogP contribution in [0, 0.1) is 6.92 Å². The molecule has 3 heterocycles. The molecule has 7 heteroatoms. The van der Waals surface area contributed by atoms with Crippen LogP contribution in [0.15, 0.2) is 28.2 Å². The number of H-pyrrole nitrogens is 1. The fourth-order valence-corrected chi connectivity index (χ4v) is 3.81. The molecule has 0 bridgehead atoms. The van der Waals surface area contributed by atoms with Gasteiger partial charge in [0.2, 0.25) is 5.91 Å². The molecule has 0 fully saturated rings. The second kappa shape index (κ2) is 7.70. The topological polar surface area (TPSA) is 88.0 Å². The first-order valence-electron chi connectivity index (χ1n) is 8.45. The van der Waals surface area contributed by atoms with Crippen LogP contribution in [0.3, 0.4) is 0 Å². The Morgan fingerprint density at radius 1 is 1.38 bits per heavy atom. The molecule has 3 aromatic heterocycles. The molecule has 3 rings (SSSR count). The Bertz CT molecular complexity index is 922. The smallest absolute Gasteiger partial charge is 0.227 e. The molecule has 6 nitrogen and oxygen atoms in total. The summed E-state index contributed by atoms with van der Waals surface area (Å²) in [7, 11) is 0. The maximum absolute atomic E-state index is 12.1. The van der Waals surface area contributed by atoms with Crippen LogP contribution in [-0.2, 0) is 24.2 Å². The van der Waals surface area contributed by atoms with Crippen LogP contribution in [0.5, 0.6) is 0 Å². The number of thiazole rings is 1. The van der Waals surface area contributed by atoms with Gasteiger partial charge in [0.15, 0.2) is 5.78 Å². The second-order valence-electron chi connectivity index (χ2n) is 6.05. The summed E-state index contributed by atoms with van der Waals surface area (Å²) in [5, 5.41) is 5.47. The fraction of sp³-hybridized carbons (Fsp3) is 0.316. The van der Waals surface area contributed by atoms with Crippen molar-refractivity contribution in [3.8, 4) is 11.4 Å². The highest BCUT2D eigenvalue weighted by molar-refractivity contribution is 7.10. The van der Waals surface area contributed by atoms with Crippen molar-refractivity contribution in [1.82, 2.24) is 15.3 Å². The summed E-state index contributed by atoms with van der Waals surface area (Å²) in [5.41, 5.74) is 4.22. The summed E-state index contributed by atoms with van der Waals surface area (Å²) in [6, 6.07) is 3.60. The first kappa shape index (κ1) is 18.1. The molecule has 0 aromatic carbocycles. The largest absolute Gasteiger partial charge is 0.467 e. The summed E-state index contributed by atoms with van der Waals surface area (Å²) >= 11 is 1.44. The number of furan rings is 1. The number of aromatic nitrogens is 2. The lowest BCUT2D eigenvalue weighted by Gasteiger charge is -2.02. The first-order valence-corrected chi connectivity index (χ1v) is 9.33. The van der Waals surface area contributed by atoms with E-state index in [4.69, 9.17) is 4.42 Å². The van der Waals surface area contributed by atoms with Gasteiger partial charge >= 0.3 is 0 Å². The van der Waals surface area contributed by atoms with E-state index in [1.54, 1.807) is 19.3 Å². The molecule has 0 atom stereocenters. The number of Topliss-reactive ketones (excluding diaryl/α,β-unsaturated/α-hetero) is 1. The average molecular weight is 371 g/mol. The number of ketones is 1. The number of carbonyl (C=O) groups is 2. The van der Waals surface area contributed by atoms with E-state index in [-0.39, 0.29) is 18.1 Å². The molecule has 0 unspecified atom stereocenters. The van der Waals surface area contributed by atoms with Crippen molar-refractivity contribution in [2.75, 3.05) is 0 Å². The van der Waals surface area contributed by atoms with E-state index in [0.717, 1.165) is 39.6 Å². The Morgan fingerprint density at radius 3 is 2.85 bits per heavy atom. The highest BCUT2D eigenvalue weighted by Crippen LogP contribution is 2.30. The van der Waals surface area contributed by atoms with E-state index in [0.29, 0.717) is 12.3 Å². The minimum absolute atomic E-state index is 0.0506. The first-order chi connectivity index (χ1) is 12.5. The standard InChI is InChI=1S/C19H21N3O3S/c1-4-14-18(12(3)23)11(2)21-19(14)15-10-26-17(22-15)8-16(24)20-9-13-6-5-7-25-13/h5-7,10,21H,4,8-9H2,1-3H3,(H,20,24). The lowest BCUT2D eigenvalue weighted by atomic mass is 10.0. The van der Waals surface area contributed by atoms with E-state index in [9.17, 15) is 9.59 Å². The van der Waals surface area contributed by atoms with Crippen LogP contribution < -0.4 is 5.32 Å². The highest BCUT2D eigenvalue weighted by atomic mass is 32.1. The number of aromatic amines is 1. The highest BCUT2D eigenvalue weighted by Gasteiger charge is 2.20. The SMILES string of the molecule is CCc1c(-c2csc(CC(=O)NCc3ccco3)n2)[nH]c(C)c1C(C)=O. The summed E-state index contributed by atoms with van der Waals surface area (Å²) in [6.07, 6.45) is 2.53.